The maximum atomic E-state index is 10.7. The van der Waals surface area contributed by atoms with Crippen molar-refractivity contribution in [2.75, 3.05) is 11.5 Å². The van der Waals surface area contributed by atoms with E-state index in [9.17, 15) is 8.42 Å². The minimum absolute atomic E-state index is 0.0398. The fourth-order valence-corrected chi connectivity index (χ4v) is 3.35. The van der Waals surface area contributed by atoms with Gasteiger partial charge in [0.05, 0.1) is 10.8 Å². The first-order valence-electron chi connectivity index (χ1n) is 5.20. The first kappa shape index (κ1) is 14.8. The molecule has 0 saturated heterocycles. The van der Waals surface area contributed by atoms with Crippen LogP contribution in [0, 0.1) is 0 Å². The second kappa shape index (κ2) is 5.59. The van der Waals surface area contributed by atoms with Gasteiger partial charge in [-0.25, -0.2) is 13.4 Å². The van der Waals surface area contributed by atoms with E-state index in [1.807, 2.05) is 18.3 Å². The van der Waals surface area contributed by atoms with Gasteiger partial charge in [-0.15, -0.1) is 11.8 Å². The summed E-state index contributed by atoms with van der Waals surface area (Å²) in [7, 11) is 1.72. The molecule has 0 aliphatic carbocycles. The summed E-state index contributed by atoms with van der Waals surface area (Å²) in [6.07, 6.45) is 1.83. The maximum Gasteiger partial charge on any atom is 0.233 e. The molecular weight excluding hydrogens is 278 g/mol. The van der Waals surface area contributed by atoms with Gasteiger partial charge < -0.3 is 0 Å². The van der Waals surface area contributed by atoms with Gasteiger partial charge in [-0.2, -0.15) is 0 Å². The number of nitrogens with zero attached hydrogens (tertiary/aromatic N) is 1. The van der Waals surface area contributed by atoms with Crippen LogP contribution in [0.5, 0.6) is 0 Å². The average Bonchev–Trinajstić information content (AvgIpc) is 2.15. The van der Waals surface area contributed by atoms with E-state index in [2.05, 4.69) is 25.8 Å². The highest BCUT2D eigenvalue weighted by Crippen LogP contribution is 2.23. The van der Waals surface area contributed by atoms with Gasteiger partial charge in [-0.05, 0) is 17.0 Å². The van der Waals surface area contributed by atoms with E-state index in [4.69, 9.17) is 10.7 Å². The van der Waals surface area contributed by atoms with Crippen LogP contribution in [0.15, 0.2) is 23.4 Å². The Morgan fingerprint density at radius 2 is 2.00 bits per heavy atom. The second-order valence-electron chi connectivity index (χ2n) is 4.73. The Labute approximate surface area is 111 Å². The largest absolute Gasteiger partial charge is 0.250 e. The van der Waals surface area contributed by atoms with Crippen molar-refractivity contribution in [3.8, 4) is 0 Å². The Morgan fingerprint density at radius 3 is 2.41 bits per heavy atom. The van der Waals surface area contributed by atoms with Gasteiger partial charge >= 0.3 is 0 Å². The molecule has 96 valence electrons. The molecule has 0 aromatic carbocycles. The lowest BCUT2D eigenvalue weighted by molar-refractivity contribution is 0.586. The first-order valence-corrected chi connectivity index (χ1v) is 8.66. The van der Waals surface area contributed by atoms with Gasteiger partial charge in [0.1, 0.15) is 0 Å². The molecule has 1 rings (SSSR count). The predicted molar refractivity (Wildman–Crippen MR) is 73.3 cm³/mol. The van der Waals surface area contributed by atoms with Gasteiger partial charge in [0.25, 0.3) is 0 Å². The molecule has 0 radical (unpaired) electrons. The standard InChI is InChI=1S/C11H16ClNO2S2/c1-11(2,3)9-4-5-10(13-8-9)16-6-7-17(12,14)15/h4-5,8H,6-7H2,1-3H3. The average molecular weight is 294 g/mol. The van der Waals surface area contributed by atoms with Gasteiger partial charge in [-0.3, -0.25) is 0 Å². The lowest BCUT2D eigenvalue weighted by Crippen LogP contribution is -2.11. The lowest BCUT2D eigenvalue weighted by atomic mass is 9.88. The molecule has 1 aromatic heterocycles. The van der Waals surface area contributed by atoms with Crippen LogP contribution in [-0.2, 0) is 14.5 Å². The Morgan fingerprint density at radius 1 is 1.35 bits per heavy atom. The highest BCUT2D eigenvalue weighted by atomic mass is 35.7. The molecule has 1 heterocycles. The number of hydrogen-bond acceptors (Lipinski definition) is 4. The molecule has 0 bridgehead atoms. The summed E-state index contributed by atoms with van der Waals surface area (Å²) < 4.78 is 21.5. The number of aromatic nitrogens is 1. The van der Waals surface area contributed by atoms with E-state index in [-0.39, 0.29) is 11.2 Å². The minimum Gasteiger partial charge on any atom is -0.250 e. The number of rotatable bonds is 4. The third kappa shape index (κ3) is 5.75. The zero-order valence-electron chi connectivity index (χ0n) is 10.1. The van der Waals surface area contributed by atoms with Gasteiger partial charge in [0.15, 0.2) is 0 Å². The summed E-state index contributed by atoms with van der Waals surface area (Å²) in [5, 5.41) is 0.818. The molecule has 0 amide bonds. The van der Waals surface area contributed by atoms with Gasteiger partial charge in [-0.1, -0.05) is 26.8 Å². The fraction of sp³-hybridized carbons (Fsp3) is 0.545. The van der Waals surface area contributed by atoms with Crippen molar-refractivity contribution in [3.63, 3.8) is 0 Å². The van der Waals surface area contributed by atoms with Crippen LogP contribution in [-0.4, -0.2) is 24.9 Å². The zero-order valence-corrected chi connectivity index (χ0v) is 12.5. The highest BCUT2D eigenvalue weighted by molar-refractivity contribution is 8.14. The van der Waals surface area contributed by atoms with Crippen LogP contribution in [0.25, 0.3) is 0 Å². The van der Waals surface area contributed by atoms with Crippen molar-refractivity contribution in [3.05, 3.63) is 23.9 Å². The molecule has 0 unspecified atom stereocenters. The molecule has 1 aromatic rings. The SMILES string of the molecule is CC(C)(C)c1ccc(SCCS(=O)(=O)Cl)nc1. The minimum atomic E-state index is -3.40. The molecule has 0 spiro atoms. The Kier molecular flexibility index (Phi) is 4.86. The van der Waals surface area contributed by atoms with Crippen molar-refractivity contribution < 1.29 is 8.42 Å². The topological polar surface area (TPSA) is 47.0 Å². The summed E-state index contributed by atoms with van der Waals surface area (Å²) >= 11 is 1.39. The van der Waals surface area contributed by atoms with Crippen LogP contribution >= 0.6 is 22.4 Å². The normalized spacial score (nSPS) is 12.7. The molecule has 0 atom stereocenters. The van der Waals surface area contributed by atoms with Crippen molar-refractivity contribution in [2.45, 2.75) is 31.2 Å². The number of thioether (sulfide) groups is 1. The van der Waals surface area contributed by atoms with Crippen LogP contribution in [0.1, 0.15) is 26.3 Å². The van der Waals surface area contributed by atoms with E-state index in [1.54, 1.807) is 0 Å². The molecule has 6 heteroatoms. The third-order valence-corrected chi connectivity index (χ3v) is 4.54. The summed E-state index contributed by atoms with van der Waals surface area (Å²) in [5.41, 5.74) is 1.24. The van der Waals surface area contributed by atoms with Crippen LogP contribution in [0.3, 0.4) is 0 Å². The molecule has 0 saturated carbocycles. The van der Waals surface area contributed by atoms with Crippen molar-refractivity contribution >= 4 is 31.5 Å². The van der Waals surface area contributed by atoms with Gasteiger partial charge in [0.2, 0.25) is 9.05 Å². The number of pyridine rings is 1. The molecule has 0 N–H and O–H groups in total. The molecule has 17 heavy (non-hydrogen) atoms. The maximum absolute atomic E-state index is 10.7. The van der Waals surface area contributed by atoms with E-state index >= 15 is 0 Å². The molecule has 0 aliphatic rings. The summed E-state index contributed by atoms with van der Waals surface area (Å²) in [4.78, 5) is 4.29. The summed E-state index contributed by atoms with van der Waals surface area (Å²) in [6, 6.07) is 3.93. The van der Waals surface area contributed by atoms with Crippen molar-refractivity contribution in [1.82, 2.24) is 4.98 Å². The fourth-order valence-electron chi connectivity index (χ4n) is 1.16. The number of hydrogen-bond donors (Lipinski definition) is 0. The monoisotopic (exact) mass is 293 g/mol. The third-order valence-electron chi connectivity index (χ3n) is 2.18. The van der Waals surface area contributed by atoms with Crippen molar-refractivity contribution in [2.24, 2.45) is 0 Å². The Bertz CT molecular complexity index is 463. The van der Waals surface area contributed by atoms with Gasteiger partial charge in [0, 0.05) is 22.6 Å². The molecule has 0 fully saturated rings. The second-order valence-corrected chi connectivity index (χ2v) is 8.74. The van der Waals surface area contributed by atoms with Crippen LogP contribution < -0.4 is 0 Å². The van der Waals surface area contributed by atoms with E-state index in [0.29, 0.717) is 5.75 Å². The predicted octanol–water partition coefficient (Wildman–Crippen LogP) is 3.04. The lowest BCUT2D eigenvalue weighted by Gasteiger charge is -2.18. The summed E-state index contributed by atoms with van der Waals surface area (Å²) in [6.45, 7) is 6.37. The Hall–Kier alpha value is -0.260. The number of halogens is 1. The molecule has 3 nitrogen and oxygen atoms in total. The van der Waals surface area contributed by atoms with E-state index in [0.717, 1.165) is 10.6 Å². The zero-order chi connectivity index (χ0) is 13.1. The van der Waals surface area contributed by atoms with E-state index in [1.165, 1.54) is 11.8 Å². The van der Waals surface area contributed by atoms with E-state index < -0.39 is 9.05 Å². The molecule has 0 aliphatic heterocycles. The molecular formula is C11H16ClNO2S2. The first-order chi connectivity index (χ1) is 7.68. The van der Waals surface area contributed by atoms with Crippen LogP contribution in [0.2, 0.25) is 0 Å². The smallest absolute Gasteiger partial charge is 0.233 e. The Balaban J connectivity index is 2.58. The quantitative estimate of drug-likeness (QED) is 0.632. The van der Waals surface area contributed by atoms with Crippen molar-refractivity contribution in [1.29, 1.82) is 0 Å². The summed E-state index contributed by atoms with van der Waals surface area (Å²) in [5.74, 6) is 0.385. The highest BCUT2D eigenvalue weighted by Gasteiger charge is 2.13. The van der Waals surface area contributed by atoms with Crippen LogP contribution in [0.4, 0.5) is 0 Å².